The van der Waals surface area contributed by atoms with Gasteiger partial charge in [-0.25, -0.2) is 4.39 Å². The number of rotatable bonds is 3. The Kier molecular flexibility index (Phi) is 4.13. The second-order valence-electron chi connectivity index (χ2n) is 4.86. The predicted molar refractivity (Wildman–Crippen MR) is 74.3 cm³/mol. The Bertz CT molecular complexity index is 557. The van der Waals surface area contributed by atoms with E-state index in [4.69, 9.17) is 22.5 Å². The number of nitrogens with two attached hydrogens (primary N) is 1. The molecule has 0 spiro atoms. The minimum absolute atomic E-state index is 0.0768. The summed E-state index contributed by atoms with van der Waals surface area (Å²) in [6.07, 6.45) is 2.69. The molecule has 1 aromatic carbocycles. The molecule has 1 aromatic rings. The van der Waals surface area contributed by atoms with Crippen molar-refractivity contribution >= 4 is 29.0 Å². The molecule has 1 aliphatic carbocycles. The predicted octanol–water partition coefficient (Wildman–Crippen LogP) is 2.72. The van der Waals surface area contributed by atoms with E-state index in [1.54, 1.807) is 0 Å². The average Bonchev–Trinajstić information content (AvgIpc) is 2.93. The van der Waals surface area contributed by atoms with E-state index in [9.17, 15) is 9.18 Å². The summed E-state index contributed by atoms with van der Waals surface area (Å²) in [4.78, 5) is 12.4. The molecule has 1 fully saturated rings. The van der Waals surface area contributed by atoms with Gasteiger partial charge < -0.3 is 16.3 Å². The summed E-state index contributed by atoms with van der Waals surface area (Å²) >= 11 is 5.67. The van der Waals surface area contributed by atoms with Crippen LogP contribution in [0.3, 0.4) is 0 Å². The number of hydrogen-bond donors (Lipinski definition) is 3. The summed E-state index contributed by atoms with van der Waals surface area (Å²) in [6.45, 7) is 0. The molecule has 0 radical (unpaired) electrons. The summed E-state index contributed by atoms with van der Waals surface area (Å²) in [7, 11) is 0. The fraction of sp³-hybridized carbons (Fsp3) is 0.385. The highest BCUT2D eigenvalue weighted by atomic mass is 35.5. The molecule has 0 bridgehead atoms. The Morgan fingerprint density at radius 1 is 1.45 bits per heavy atom. The molecule has 0 aromatic heterocycles. The second kappa shape index (κ2) is 5.66. The van der Waals surface area contributed by atoms with E-state index in [1.807, 2.05) is 0 Å². The third-order valence-electron chi connectivity index (χ3n) is 3.67. The maximum atomic E-state index is 13.1. The first kappa shape index (κ1) is 14.6. The molecule has 0 heterocycles. The number of carbonyl (C=O) groups excluding carboxylic acids is 1. The number of amidine groups is 1. The number of nitrogens with zero attached hydrogens (tertiary/aromatic N) is 1. The number of halogens is 2. The highest BCUT2D eigenvalue weighted by Gasteiger charge is 2.45. The zero-order chi connectivity index (χ0) is 14.8. The third kappa shape index (κ3) is 2.56. The van der Waals surface area contributed by atoms with Crippen molar-refractivity contribution in [2.24, 2.45) is 16.3 Å². The van der Waals surface area contributed by atoms with Crippen molar-refractivity contribution in [3.05, 3.63) is 29.0 Å². The molecule has 1 aliphatic rings. The highest BCUT2D eigenvalue weighted by Crippen LogP contribution is 2.39. The van der Waals surface area contributed by atoms with Crippen LogP contribution in [0.4, 0.5) is 10.1 Å². The van der Waals surface area contributed by atoms with Crippen molar-refractivity contribution in [3.63, 3.8) is 0 Å². The first-order chi connectivity index (χ1) is 9.49. The lowest BCUT2D eigenvalue weighted by Gasteiger charge is -2.26. The maximum absolute atomic E-state index is 13.1. The Hall–Kier alpha value is -1.82. The van der Waals surface area contributed by atoms with Crippen molar-refractivity contribution in [2.45, 2.75) is 25.7 Å². The second-order valence-corrected chi connectivity index (χ2v) is 5.26. The largest absolute Gasteiger partial charge is 0.409 e. The molecule has 1 saturated carbocycles. The Labute approximate surface area is 120 Å². The number of amides is 1. The maximum Gasteiger partial charge on any atom is 0.238 e. The van der Waals surface area contributed by atoms with Crippen LogP contribution in [0.25, 0.3) is 0 Å². The fourth-order valence-corrected chi connectivity index (χ4v) is 2.68. The molecular weight excluding hydrogens is 285 g/mol. The summed E-state index contributed by atoms with van der Waals surface area (Å²) in [5.41, 5.74) is 5.04. The van der Waals surface area contributed by atoms with E-state index in [2.05, 4.69) is 10.5 Å². The number of oxime groups is 1. The van der Waals surface area contributed by atoms with Gasteiger partial charge in [0.1, 0.15) is 11.2 Å². The topological polar surface area (TPSA) is 87.7 Å². The fourth-order valence-electron chi connectivity index (χ4n) is 2.50. The van der Waals surface area contributed by atoms with Gasteiger partial charge in [0.25, 0.3) is 0 Å². The minimum atomic E-state index is -1.00. The number of nitrogens with one attached hydrogen (secondary N) is 1. The first-order valence-electron chi connectivity index (χ1n) is 6.24. The molecular formula is C13H15ClFN3O2. The van der Waals surface area contributed by atoms with Crippen LogP contribution in [0.15, 0.2) is 23.4 Å². The van der Waals surface area contributed by atoms with Crippen molar-refractivity contribution in [2.75, 3.05) is 5.32 Å². The highest BCUT2D eigenvalue weighted by molar-refractivity contribution is 6.31. The Balaban J connectivity index is 2.23. The van der Waals surface area contributed by atoms with Crippen LogP contribution in [0.5, 0.6) is 0 Å². The van der Waals surface area contributed by atoms with Crippen LogP contribution in [0.2, 0.25) is 5.02 Å². The summed E-state index contributed by atoms with van der Waals surface area (Å²) in [5, 5.41) is 14.4. The SMILES string of the molecule is NC(=NO)C1(C(=O)Nc2ccc(F)c(Cl)c2)CCCC1. The lowest BCUT2D eigenvalue weighted by atomic mass is 9.83. The van der Waals surface area contributed by atoms with E-state index >= 15 is 0 Å². The normalized spacial score (nSPS) is 18.0. The lowest BCUT2D eigenvalue weighted by Crippen LogP contribution is -2.45. The third-order valence-corrected chi connectivity index (χ3v) is 3.96. The van der Waals surface area contributed by atoms with Crippen molar-refractivity contribution in [1.29, 1.82) is 0 Å². The van der Waals surface area contributed by atoms with Crippen molar-refractivity contribution < 1.29 is 14.4 Å². The first-order valence-corrected chi connectivity index (χ1v) is 6.62. The molecule has 108 valence electrons. The smallest absolute Gasteiger partial charge is 0.238 e. The van der Waals surface area contributed by atoms with Gasteiger partial charge in [0.15, 0.2) is 5.84 Å². The average molecular weight is 300 g/mol. The Morgan fingerprint density at radius 3 is 2.65 bits per heavy atom. The van der Waals surface area contributed by atoms with Gasteiger partial charge in [-0.3, -0.25) is 4.79 Å². The van der Waals surface area contributed by atoms with E-state index in [0.717, 1.165) is 12.8 Å². The van der Waals surface area contributed by atoms with E-state index in [1.165, 1.54) is 18.2 Å². The quantitative estimate of drug-likeness (QED) is 0.347. The van der Waals surface area contributed by atoms with Crippen LogP contribution in [0, 0.1) is 11.2 Å². The molecule has 0 saturated heterocycles. The van der Waals surface area contributed by atoms with Gasteiger partial charge >= 0.3 is 0 Å². The number of hydrogen-bond acceptors (Lipinski definition) is 3. The standard InChI is InChI=1S/C13H15ClFN3O2/c14-9-7-8(3-4-10(9)15)17-12(19)13(11(16)18-20)5-1-2-6-13/h3-4,7,20H,1-2,5-6H2,(H2,16,18)(H,17,19). The minimum Gasteiger partial charge on any atom is -0.409 e. The van der Waals surface area contributed by atoms with E-state index < -0.39 is 11.2 Å². The van der Waals surface area contributed by atoms with Gasteiger partial charge in [-0.15, -0.1) is 0 Å². The zero-order valence-electron chi connectivity index (χ0n) is 10.7. The van der Waals surface area contributed by atoms with E-state index in [0.29, 0.717) is 18.5 Å². The van der Waals surface area contributed by atoms with E-state index in [-0.39, 0.29) is 16.8 Å². The number of carbonyl (C=O) groups is 1. The molecule has 7 heteroatoms. The number of anilines is 1. The van der Waals surface area contributed by atoms with Crippen LogP contribution in [0.1, 0.15) is 25.7 Å². The lowest BCUT2D eigenvalue weighted by molar-refractivity contribution is -0.122. The molecule has 5 nitrogen and oxygen atoms in total. The summed E-state index contributed by atoms with van der Waals surface area (Å²) in [5.74, 6) is -1.02. The van der Waals surface area contributed by atoms with Crippen LogP contribution < -0.4 is 11.1 Å². The molecule has 0 unspecified atom stereocenters. The summed E-state index contributed by atoms with van der Waals surface area (Å²) < 4.78 is 13.1. The molecule has 20 heavy (non-hydrogen) atoms. The molecule has 0 aliphatic heterocycles. The van der Waals surface area contributed by atoms with Crippen LogP contribution in [-0.2, 0) is 4.79 Å². The van der Waals surface area contributed by atoms with Gasteiger partial charge in [-0.05, 0) is 31.0 Å². The zero-order valence-corrected chi connectivity index (χ0v) is 11.5. The van der Waals surface area contributed by atoms with Crippen LogP contribution in [-0.4, -0.2) is 17.0 Å². The van der Waals surface area contributed by atoms with Gasteiger partial charge in [-0.1, -0.05) is 29.6 Å². The van der Waals surface area contributed by atoms with Gasteiger partial charge in [0.2, 0.25) is 5.91 Å². The van der Waals surface area contributed by atoms with Crippen molar-refractivity contribution in [3.8, 4) is 0 Å². The monoisotopic (exact) mass is 299 g/mol. The van der Waals surface area contributed by atoms with Crippen molar-refractivity contribution in [1.82, 2.24) is 0 Å². The van der Waals surface area contributed by atoms with Gasteiger partial charge in [0, 0.05) is 5.69 Å². The molecule has 4 N–H and O–H groups in total. The van der Waals surface area contributed by atoms with Gasteiger partial charge in [0.05, 0.1) is 5.02 Å². The number of benzene rings is 1. The molecule has 0 atom stereocenters. The molecule has 1 amide bonds. The Morgan fingerprint density at radius 2 is 2.10 bits per heavy atom. The summed E-state index contributed by atoms with van der Waals surface area (Å²) in [6, 6.07) is 3.90. The molecule has 2 rings (SSSR count). The van der Waals surface area contributed by atoms with Gasteiger partial charge in [-0.2, -0.15) is 0 Å². The van der Waals surface area contributed by atoms with Crippen LogP contribution >= 0.6 is 11.6 Å².